The third-order valence-electron chi connectivity index (χ3n) is 4.30. The summed E-state index contributed by atoms with van der Waals surface area (Å²) >= 11 is 0. The van der Waals surface area contributed by atoms with E-state index >= 15 is 0 Å². The van der Waals surface area contributed by atoms with Crippen LogP contribution in [0.2, 0.25) is 0 Å². The van der Waals surface area contributed by atoms with E-state index in [1.807, 2.05) is 31.2 Å². The Morgan fingerprint density at radius 1 is 0.862 bits per heavy atom. The number of carbonyl (C=O) groups is 1. The van der Waals surface area contributed by atoms with E-state index in [4.69, 9.17) is 4.42 Å². The Morgan fingerprint density at radius 3 is 2.03 bits per heavy atom. The lowest BCUT2D eigenvalue weighted by Crippen LogP contribution is -2.13. The van der Waals surface area contributed by atoms with Crippen LogP contribution in [0, 0.1) is 18.6 Å². The van der Waals surface area contributed by atoms with Crippen molar-refractivity contribution in [3.05, 3.63) is 89.5 Å². The summed E-state index contributed by atoms with van der Waals surface area (Å²) in [6.07, 6.45) is 0. The van der Waals surface area contributed by atoms with Crippen LogP contribution >= 0.6 is 0 Å². The Bertz CT molecular complexity index is 1170. The van der Waals surface area contributed by atoms with E-state index in [1.165, 1.54) is 6.07 Å². The predicted molar refractivity (Wildman–Crippen MR) is 104 cm³/mol. The highest BCUT2D eigenvalue weighted by Gasteiger charge is 2.13. The maximum absolute atomic E-state index is 13.7. The van der Waals surface area contributed by atoms with Gasteiger partial charge in [0.15, 0.2) is 0 Å². The van der Waals surface area contributed by atoms with E-state index in [0.29, 0.717) is 29.0 Å². The third kappa shape index (κ3) is 4.03. The molecule has 7 heteroatoms. The number of amides is 1. The van der Waals surface area contributed by atoms with E-state index in [2.05, 4.69) is 15.5 Å². The standard InChI is InChI=1S/C22H15F2N3O2/c1-13-2-4-15(5-3-13)21-26-27-22(29-21)16-8-6-14(7-9-16)20(28)25-19-11-10-17(23)12-18(19)24/h2-12H,1H3,(H,25,28). The molecule has 3 aromatic carbocycles. The molecule has 0 aliphatic heterocycles. The Labute approximate surface area is 165 Å². The summed E-state index contributed by atoms with van der Waals surface area (Å²) in [7, 11) is 0. The zero-order chi connectivity index (χ0) is 20.4. The van der Waals surface area contributed by atoms with Gasteiger partial charge in [-0.1, -0.05) is 17.7 Å². The molecular weight excluding hydrogens is 376 g/mol. The molecule has 0 aliphatic rings. The van der Waals surface area contributed by atoms with Crippen LogP contribution in [-0.4, -0.2) is 16.1 Å². The molecule has 4 aromatic rings. The Morgan fingerprint density at radius 2 is 1.45 bits per heavy atom. The summed E-state index contributed by atoms with van der Waals surface area (Å²) in [6, 6.07) is 17.1. The molecule has 0 unspecified atom stereocenters. The number of anilines is 1. The number of nitrogens with one attached hydrogen (secondary N) is 1. The molecule has 0 fully saturated rings. The first-order chi connectivity index (χ1) is 14.0. The van der Waals surface area contributed by atoms with Gasteiger partial charge in [-0.25, -0.2) is 8.78 Å². The quantitative estimate of drug-likeness (QED) is 0.516. The molecule has 0 aliphatic carbocycles. The van der Waals surface area contributed by atoms with E-state index in [0.717, 1.165) is 17.2 Å². The van der Waals surface area contributed by atoms with Crippen molar-refractivity contribution in [1.82, 2.24) is 10.2 Å². The second kappa shape index (κ2) is 7.63. The number of nitrogens with zero attached hydrogens (tertiary/aromatic N) is 2. The molecule has 1 amide bonds. The largest absolute Gasteiger partial charge is 0.416 e. The lowest BCUT2D eigenvalue weighted by Gasteiger charge is -2.06. The SMILES string of the molecule is Cc1ccc(-c2nnc(-c3ccc(C(=O)Nc4ccc(F)cc4F)cc3)o2)cc1. The number of halogens is 2. The molecule has 144 valence electrons. The number of hydrogen-bond acceptors (Lipinski definition) is 4. The van der Waals surface area contributed by atoms with Gasteiger partial charge < -0.3 is 9.73 Å². The minimum Gasteiger partial charge on any atom is -0.416 e. The second-order valence-electron chi connectivity index (χ2n) is 6.43. The molecule has 5 nitrogen and oxygen atoms in total. The Balaban J connectivity index is 1.50. The molecule has 0 spiro atoms. The van der Waals surface area contributed by atoms with Crippen molar-refractivity contribution in [2.45, 2.75) is 6.92 Å². The lowest BCUT2D eigenvalue weighted by atomic mass is 10.1. The summed E-state index contributed by atoms with van der Waals surface area (Å²) < 4.78 is 32.4. The average Bonchev–Trinajstić information content (AvgIpc) is 3.21. The fourth-order valence-electron chi connectivity index (χ4n) is 2.70. The van der Waals surface area contributed by atoms with Crippen molar-refractivity contribution in [3.8, 4) is 22.9 Å². The second-order valence-corrected chi connectivity index (χ2v) is 6.43. The normalized spacial score (nSPS) is 10.7. The lowest BCUT2D eigenvalue weighted by molar-refractivity contribution is 0.102. The van der Waals surface area contributed by atoms with Crippen LogP contribution in [0.4, 0.5) is 14.5 Å². The maximum atomic E-state index is 13.7. The van der Waals surface area contributed by atoms with Crippen molar-refractivity contribution in [3.63, 3.8) is 0 Å². The fraction of sp³-hybridized carbons (Fsp3) is 0.0455. The third-order valence-corrected chi connectivity index (χ3v) is 4.30. The Kier molecular flexibility index (Phi) is 4.87. The number of aryl methyl sites for hydroxylation is 1. The molecule has 1 N–H and O–H groups in total. The summed E-state index contributed by atoms with van der Waals surface area (Å²) in [4.78, 5) is 12.3. The van der Waals surface area contributed by atoms with E-state index in [1.54, 1.807) is 24.3 Å². The van der Waals surface area contributed by atoms with Gasteiger partial charge in [0, 0.05) is 22.8 Å². The monoisotopic (exact) mass is 391 g/mol. The van der Waals surface area contributed by atoms with Crippen LogP contribution in [0.1, 0.15) is 15.9 Å². The molecule has 29 heavy (non-hydrogen) atoms. The summed E-state index contributed by atoms with van der Waals surface area (Å²) in [5.74, 6) is -1.36. The zero-order valence-electron chi connectivity index (χ0n) is 15.3. The fourth-order valence-corrected chi connectivity index (χ4v) is 2.70. The number of carbonyl (C=O) groups excluding carboxylic acids is 1. The minimum absolute atomic E-state index is 0.0971. The summed E-state index contributed by atoms with van der Waals surface area (Å²) in [5.41, 5.74) is 2.78. The smallest absolute Gasteiger partial charge is 0.255 e. The first-order valence-corrected chi connectivity index (χ1v) is 8.77. The molecule has 0 saturated carbocycles. The molecule has 0 atom stereocenters. The van der Waals surface area contributed by atoms with E-state index < -0.39 is 17.5 Å². The van der Waals surface area contributed by atoms with Crippen LogP contribution in [0.5, 0.6) is 0 Å². The number of aromatic nitrogens is 2. The first-order valence-electron chi connectivity index (χ1n) is 8.77. The molecule has 1 aromatic heterocycles. The van der Waals surface area contributed by atoms with Gasteiger partial charge in [0.2, 0.25) is 11.8 Å². The van der Waals surface area contributed by atoms with Crippen LogP contribution in [0.15, 0.2) is 71.1 Å². The van der Waals surface area contributed by atoms with Gasteiger partial charge in [-0.2, -0.15) is 0 Å². The molecule has 0 radical (unpaired) electrons. The molecule has 0 saturated heterocycles. The number of rotatable bonds is 4. The van der Waals surface area contributed by atoms with Gasteiger partial charge >= 0.3 is 0 Å². The van der Waals surface area contributed by atoms with Crippen molar-refractivity contribution in [1.29, 1.82) is 0 Å². The van der Waals surface area contributed by atoms with Crippen LogP contribution in [-0.2, 0) is 0 Å². The van der Waals surface area contributed by atoms with E-state index in [9.17, 15) is 13.6 Å². The molecule has 0 bridgehead atoms. The first kappa shape index (κ1) is 18.5. The van der Waals surface area contributed by atoms with Gasteiger partial charge in [-0.05, 0) is 55.5 Å². The minimum atomic E-state index is -0.843. The highest BCUT2D eigenvalue weighted by Crippen LogP contribution is 2.24. The highest BCUT2D eigenvalue weighted by atomic mass is 19.1. The van der Waals surface area contributed by atoms with Gasteiger partial charge in [0.05, 0.1) is 5.69 Å². The van der Waals surface area contributed by atoms with Gasteiger partial charge in [0.25, 0.3) is 5.91 Å². The van der Waals surface area contributed by atoms with Gasteiger partial charge in [-0.15, -0.1) is 10.2 Å². The van der Waals surface area contributed by atoms with Crippen molar-refractivity contribution >= 4 is 11.6 Å². The van der Waals surface area contributed by atoms with Crippen molar-refractivity contribution in [2.24, 2.45) is 0 Å². The molecule has 4 rings (SSSR count). The summed E-state index contributed by atoms with van der Waals surface area (Å²) in [5, 5.41) is 10.5. The van der Waals surface area contributed by atoms with Gasteiger partial charge in [0.1, 0.15) is 11.6 Å². The molecule has 1 heterocycles. The average molecular weight is 391 g/mol. The van der Waals surface area contributed by atoms with Crippen LogP contribution in [0.3, 0.4) is 0 Å². The van der Waals surface area contributed by atoms with Crippen molar-refractivity contribution < 1.29 is 18.0 Å². The summed E-state index contributed by atoms with van der Waals surface area (Å²) in [6.45, 7) is 1.99. The predicted octanol–water partition coefficient (Wildman–Crippen LogP) is 5.24. The Hall–Kier alpha value is -3.87. The van der Waals surface area contributed by atoms with Crippen LogP contribution in [0.25, 0.3) is 22.9 Å². The maximum Gasteiger partial charge on any atom is 0.255 e. The van der Waals surface area contributed by atoms with Gasteiger partial charge in [-0.3, -0.25) is 4.79 Å². The van der Waals surface area contributed by atoms with Crippen molar-refractivity contribution in [2.75, 3.05) is 5.32 Å². The zero-order valence-corrected chi connectivity index (χ0v) is 15.3. The number of benzene rings is 3. The topological polar surface area (TPSA) is 68.0 Å². The van der Waals surface area contributed by atoms with E-state index in [-0.39, 0.29) is 5.69 Å². The molecular formula is C22H15F2N3O2. The number of hydrogen-bond donors (Lipinski definition) is 1. The van der Waals surface area contributed by atoms with Crippen LogP contribution < -0.4 is 5.32 Å². The highest BCUT2D eigenvalue weighted by molar-refractivity contribution is 6.04.